The van der Waals surface area contributed by atoms with Crippen LogP contribution in [0.25, 0.3) is 10.9 Å². The molecule has 11 N–H and O–H groups in total. The van der Waals surface area contributed by atoms with E-state index in [1.807, 2.05) is 66.7 Å². The molecule has 0 bridgehead atoms. The fourth-order valence-corrected chi connectivity index (χ4v) is 9.81. The highest BCUT2D eigenvalue weighted by atomic mass is 16.6. The van der Waals surface area contributed by atoms with Crippen molar-refractivity contribution < 1.29 is 43.0 Å². The number of hydrogen-bond donors (Lipinski definition) is 9. The van der Waals surface area contributed by atoms with Gasteiger partial charge in [0.2, 0.25) is 35.4 Å². The number of aromatic amines is 1. The first-order chi connectivity index (χ1) is 37.9. The molecular formula is C59H68N10O9. The molecule has 78 heavy (non-hydrogen) atoms. The standard InChI is InChI=1S/C59H68N10O9/c60-27-13-12-22-47-53(70)65-48(31-40-23-25-43(26-24-40)77-37-41-18-8-3-9-19-41)55(72)68-51(32-39-16-6-2-7-17-39)58(75)69-36-44(78-59(76)62-29-28-61)34-52(69)57(74)67-49(30-38-14-4-1-5-15-38)54(71)66-50(56(73)64-47)33-42-35-63-46-21-11-10-20-45(42)46/h1-11,14-21,23-26,35,44,47-52,63H,12-13,22,27-34,36-37,60-61H2,(H,62,76)(H,64,73)(H,65,70)(H,66,71)(H,67,74)(H,68,72)/t44-,47+,48+,49+,50-,51+,52+/m1/s1. The lowest BCUT2D eigenvalue weighted by Gasteiger charge is -2.32. The van der Waals surface area contributed by atoms with Crippen LogP contribution in [0, 0.1) is 0 Å². The largest absolute Gasteiger partial charge is 0.489 e. The molecule has 408 valence electrons. The van der Waals surface area contributed by atoms with E-state index in [2.05, 4.69) is 36.9 Å². The van der Waals surface area contributed by atoms with Gasteiger partial charge >= 0.3 is 6.09 Å². The first-order valence-corrected chi connectivity index (χ1v) is 26.5. The number of hydrogen-bond acceptors (Lipinski definition) is 11. The molecule has 3 heterocycles. The summed E-state index contributed by atoms with van der Waals surface area (Å²) in [6, 6.07) is 34.4. The van der Waals surface area contributed by atoms with Gasteiger partial charge in [0.15, 0.2) is 0 Å². The number of carbonyl (C=O) groups excluding carboxylic acids is 7. The minimum atomic E-state index is -1.33. The molecule has 0 saturated carbocycles. The maximum absolute atomic E-state index is 15.3. The molecule has 7 atom stereocenters. The highest BCUT2D eigenvalue weighted by molar-refractivity contribution is 5.99. The van der Waals surface area contributed by atoms with Gasteiger partial charge in [-0.25, -0.2) is 4.79 Å². The number of H-pyrrole nitrogens is 1. The number of nitrogens with zero attached hydrogens (tertiary/aromatic N) is 1. The second-order valence-corrected chi connectivity index (χ2v) is 19.6. The number of fused-ring (bicyclic) bond motifs is 2. The molecule has 7 amide bonds. The Balaban J connectivity index is 1.19. The Bertz CT molecular complexity index is 2980. The van der Waals surface area contributed by atoms with Crippen molar-refractivity contribution in [3.63, 3.8) is 0 Å². The Morgan fingerprint density at radius 1 is 0.551 bits per heavy atom. The van der Waals surface area contributed by atoms with Crippen molar-refractivity contribution in [2.24, 2.45) is 11.5 Å². The first kappa shape index (κ1) is 55.7. The van der Waals surface area contributed by atoms with Gasteiger partial charge in [0.1, 0.15) is 54.7 Å². The molecule has 19 nitrogen and oxygen atoms in total. The lowest BCUT2D eigenvalue weighted by Crippen LogP contribution is -2.62. The number of alkyl carbamates (subject to hydrolysis) is 1. The van der Waals surface area contributed by atoms with Crippen LogP contribution in [0.15, 0.2) is 146 Å². The molecule has 19 heteroatoms. The SMILES string of the molecule is NCCCC[C@@H]1NC(=O)[C@@H](Cc2c[nH]c3ccccc23)NC(=O)[C@H](Cc2ccccc2)NC(=O)[C@@H]2C[C@@H](OC(=O)NCCN)CN2C(=O)[C@H](Cc2ccccc2)NC(=O)[C@H](Cc2ccc(OCc3ccccc3)cc2)NC1=O. The zero-order valence-corrected chi connectivity index (χ0v) is 43.4. The molecule has 0 radical (unpaired) electrons. The van der Waals surface area contributed by atoms with E-state index in [4.69, 9.17) is 20.9 Å². The lowest BCUT2D eigenvalue weighted by molar-refractivity contribution is -0.143. The van der Waals surface area contributed by atoms with Gasteiger partial charge < -0.3 is 62.7 Å². The van der Waals surface area contributed by atoms with Gasteiger partial charge in [-0.15, -0.1) is 0 Å². The number of amides is 7. The van der Waals surface area contributed by atoms with Crippen molar-refractivity contribution in [1.29, 1.82) is 0 Å². The van der Waals surface area contributed by atoms with Crippen LogP contribution in [0.2, 0.25) is 0 Å². The molecule has 0 unspecified atom stereocenters. The summed E-state index contributed by atoms with van der Waals surface area (Å²) in [7, 11) is 0. The minimum absolute atomic E-state index is 0.0242. The fourth-order valence-electron chi connectivity index (χ4n) is 9.81. The number of carbonyl (C=O) groups is 7. The average molecular weight is 1060 g/mol. The molecule has 2 fully saturated rings. The smallest absolute Gasteiger partial charge is 0.407 e. The minimum Gasteiger partial charge on any atom is -0.489 e. The van der Waals surface area contributed by atoms with Gasteiger partial charge in [-0.05, 0) is 71.8 Å². The normalized spacial score (nSPS) is 21.5. The predicted octanol–water partition coefficient (Wildman–Crippen LogP) is 3.24. The summed E-state index contributed by atoms with van der Waals surface area (Å²) in [4.78, 5) is 108. The summed E-state index contributed by atoms with van der Waals surface area (Å²) in [5, 5.41) is 18.0. The first-order valence-electron chi connectivity index (χ1n) is 26.5. The summed E-state index contributed by atoms with van der Waals surface area (Å²) < 4.78 is 11.8. The van der Waals surface area contributed by atoms with E-state index < -0.39 is 83.9 Å². The number of benzene rings is 5. The molecule has 2 aliphatic rings. The summed E-state index contributed by atoms with van der Waals surface area (Å²) in [6.45, 7) is 0.631. The zero-order chi connectivity index (χ0) is 54.8. The van der Waals surface area contributed by atoms with Gasteiger partial charge in [0.05, 0.1) is 6.54 Å². The van der Waals surface area contributed by atoms with Crippen molar-refractivity contribution in [2.45, 2.75) is 100 Å². The predicted molar refractivity (Wildman–Crippen MR) is 293 cm³/mol. The maximum Gasteiger partial charge on any atom is 0.407 e. The van der Waals surface area contributed by atoms with Crippen molar-refractivity contribution in [3.05, 3.63) is 174 Å². The van der Waals surface area contributed by atoms with Crippen LogP contribution in [0.3, 0.4) is 0 Å². The second-order valence-electron chi connectivity index (χ2n) is 19.6. The summed E-state index contributed by atoms with van der Waals surface area (Å²) in [5.41, 5.74) is 16.0. The highest BCUT2D eigenvalue weighted by Gasteiger charge is 2.45. The van der Waals surface area contributed by atoms with Crippen molar-refractivity contribution in [3.8, 4) is 5.75 Å². The van der Waals surface area contributed by atoms with E-state index >= 15 is 9.59 Å². The Labute approximate surface area is 452 Å². The quantitative estimate of drug-likeness (QED) is 0.0564. The van der Waals surface area contributed by atoms with Gasteiger partial charge in [0.25, 0.3) is 0 Å². The lowest BCUT2D eigenvalue weighted by atomic mass is 9.99. The van der Waals surface area contributed by atoms with Gasteiger partial charge in [-0.1, -0.05) is 121 Å². The molecule has 5 aromatic carbocycles. The molecule has 2 aliphatic heterocycles. The molecule has 6 aromatic rings. The number of ether oxygens (including phenoxy) is 2. The highest BCUT2D eigenvalue weighted by Crippen LogP contribution is 2.25. The fraction of sp³-hybridized carbons (Fsp3) is 0.339. The number of unbranched alkanes of at least 4 members (excludes halogenated alkanes) is 1. The van der Waals surface area contributed by atoms with Gasteiger partial charge in [-0.2, -0.15) is 0 Å². The van der Waals surface area contributed by atoms with Crippen LogP contribution in [-0.4, -0.2) is 120 Å². The molecule has 1 aromatic heterocycles. The molecular weight excluding hydrogens is 993 g/mol. The van der Waals surface area contributed by atoms with Crippen LogP contribution in [0.1, 0.15) is 53.5 Å². The van der Waals surface area contributed by atoms with E-state index in [0.717, 1.165) is 16.5 Å². The van der Waals surface area contributed by atoms with E-state index in [1.54, 1.807) is 79.0 Å². The van der Waals surface area contributed by atoms with Gasteiger partial charge in [-0.3, -0.25) is 28.8 Å². The maximum atomic E-state index is 15.3. The van der Waals surface area contributed by atoms with Crippen molar-refractivity contribution in [2.75, 3.05) is 26.2 Å². The Hall–Kier alpha value is -8.55. The third-order valence-corrected chi connectivity index (χ3v) is 13.9. The number of aromatic nitrogens is 1. The Morgan fingerprint density at radius 2 is 1.06 bits per heavy atom. The third-order valence-electron chi connectivity index (χ3n) is 13.9. The van der Waals surface area contributed by atoms with Crippen LogP contribution in [0.4, 0.5) is 4.79 Å². The average Bonchev–Trinajstić information content (AvgIpc) is 4.13. The van der Waals surface area contributed by atoms with E-state index in [0.29, 0.717) is 54.0 Å². The number of para-hydroxylation sites is 1. The van der Waals surface area contributed by atoms with Gasteiger partial charge in [0, 0.05) is 62.3 Å². The molecule has 8 rings (SSSR count). The van der Waals surface area contributed by atoms with Crippen LogP contribution in [0.5, 0.6) is 5.75 Å². The summed E-state index contributed by atoms with van der Waals surface area (Å²) in [5.74, 6) is -3.66. The third kappa shape index (κ3) is 15.3. The molecule has 0 spiro atoms. The summed E-state index contributed by atoms with van der Waals surface area (Å²) in [6.07, 6.45) is 0.682. The molecule has 0 aliphatic carbocycles. The topological polar surface area (TPSA) is 281 Å². The Kier molecular flexibility index (Phi) is 19.6. The van der Waals surface area contributed by atoms with Crippen LogP contribution >= 0.6 is 0 Å². The number of nitrogens with one attached hydrogen (secondary N) is 7. The van der Waals surface area contributed by atoms with E-state index in [-0.39, 0.29) is 58.2 Å². The van der Waals surface area contributed by atoms with Crippen LogP contribution < -0.4 is 48.1 Å². The van der Waals surface area contributed by atoms with Crippen molar-refractivity contribution in [1.82, 2.24) is 41.8 Å². The second kappa shape index (κ2) is 27.5. The van der Waals surface area contributed by atoms with Crippen LogP contribution in [-0.2, 0) is 65.8 Å². The Morgan fingerprint density at radius 3 is 1.68 bits per heavy atom. The zero-order valence-electron chi connectivity index (χ0n) is 43.4. The van der Waals surface area contributed by atoms with E-state index in [1.165, 1.54) is 4.90 Å². The number of rotatable bonds is 18. The number of nitrogens with two attached hydrogens (primary N) is 2. The monoisotopic (exact) mass is 1060 g/mol. The summed E-state index contributed by atoms with van der Waals surface area (Å²) >= 11 is 0. The van der Waals surface area contributed by atoms with Crippen molar-refractivity contribution >= 4 is 52.4 Å². The van der Waals surface area contributed by atoms with E-state index in [9.17, 15) is 24.0 Å². The molecule has 2 saturated heterocycles.